The molecule has 1 N–H and O–H groups in total. The van der Waals surface area contributed by atoms with Gasteiger partial charge in [0.2, 0.25) is 0 Å². The van der Waals surface area contributed by atoms with Crippen molar-refractivity contribution >= 4 is 35.8 Å². The van der Waals surface area contributed by atoms with E-state index < -0.39 is 0 Å². The van der Waals surface area contributed by atoms with Crippen LogP contribution in [0.4, 0.5) is 0 Å². The smallest absolute Gasteiger partial charge is 0.253 e. The van der Waals surface area contributed by atoms with Crippen LogP contribution in [0.5, 0.6) is 0 Å². The molecule has 0 aromatic heterocycles. The molecule has 1 atom stereocenters. The van der Waals surface area contributed by atoms with E-state index in [0.717, 1.165) is 69.1 Å². The molecule has 0 aliphatic carbocycles. The van der Waals surface area contributed by atoms with Gasteiger partial charge in [-0.25, -0.2) is 4.99 Å². The molecule has 2 saturated heterocycles. The molecule has 2 aliphatic rings. The van der Waals surface area contributed by atoms with Crippen molar-refractivity contribution in [2.75, 3.05) is 32.7 Å². The molecule has 6 heteroatoms. The third-order valence-electron chi connectivity index (χ3n) is 6.35. The Hall–Kier alpha value is -2.09. The molecule has 1 unspecified atom stereocenters. The standard InChI is InChI=1S/C26H34N4O.HI/c1-2-27-26(30-18-15-24(20-30)22-9-5-3-6-10-22)28-19-21-11-13-23(14-12-21)25(31)29-16-7-4-8-17-29;/h3,5-6,9-14,24H,2,4,7-8,15-20H2,1H3,(H,27,28);1H. The highest BCUT2D eigenvalue weighted by Crippen LogP contribution is 2.27. The number of benzene rings is 2. The zero-order valence-corrected chi connectivity index (χ0v) is 21.3. The van der Waals surface area contributed by atoms with Crippen molar-refractivity contribution < 1.29 is 4.79 Å². The Kier molecular flexibility index (Phi) is 9.38. The van der Waals surface area contributed by atoms with Gasteiger partial charge in [0.1, 0.15) is 0 Å². The minimum absolute atomic E-state index is 0. The fourth-order valence-corrected chi connectivity index (χ4v) is 4.57. The average molecular weight is 546 g/mol. The lowest BCUT2D eigenvalue weighted by Crippen LogP contribution is -2.40. The zero-order valence-electron chi connectivity index (χ0n) is 19.0. The number of amides is 1. The number of hydrogen-bond acceptors (Lipinski definition) is 2. The van der Waals surface area contributed by atoms with Gasteiger partial charge in [0.05, 0.1) is 6.54 Å². The summed E-state index contributed by atoms with van der Waals surface area (Å²) in [6, 6.07) is 18.8. The molecule has 1 amide bonds. The monoisotopic (exact) mass is 546 g/mol. The largest absolute Gasteiger partial charge is 0.357 e. The number of piperidine rings is 1. The lowest BCUT2D eigenvalue weighted by atomic mass is 9.99. The topological polar surface area (TPSA) is 47.9 Å². The van der Waals surface area contributed by atoms with Gasteiger partial charge in [0, 0.05) is 44.2 Å². The first-order valence-electron chi connectivity index (χ1n) is 11.7. The van der Waals surface area contributed by atoms with Gasteiger partial charge in [-0.05, 0) is 55.9 Å². The van der Waals surface area contributed by atoms with Crippen molar-refractivity contribution in [3.05, 3.63) is 71.3 Å². The minimum atomic E-state index is 0. The first-order valence-corrected chi connectivity index (χ1v) is 11.7. The van der Waals surface area contributed by atoms with Gasteiger partial charge in [-0.3, -0.25) is 4.79 Å². The molecule has 172 valence electrons. The number of carbonyl (C=O) groups excluding carboxylic acids is 1. The zero-order chi connectivity index (χ0) is 21.5. The van der Waals surface area contributed by atoms with Crippen molar-refractivity contribution in [2.24, 2.45) is 4.99 Å². The summed E-state index contributed by atoms with van der Waals surface area (Å²) in [7, 11) is 0. The first kappa shape index (κ1) is 24.6. The summed E-state index contributed by atoms with van der Waals surface area (Å²) in [6.45, 7) is 7.38. The van der Waals surface area contributed by atoms with Crippen LogP contribution in [-0.2, 0) is 6.54 Å². The van der Waals surface area contributed by atoms with Gasteiger partial charge in [0.15, 0.2) is 5.96 Å². The van der Waals surface area contributed by atoms with Crippen molar-refractivity contribution in [3.63, 3.8) is 0 Å². The third-order valence-corrected chi connectivity index (χ3v) is 6.35. The van der Waals surface area contributed by atoms with Crippen LogP contribution in [0, 0.1) is 0 Å². The van der Waals surface area contributed by atoms with Gasteiger partial charge in [-0.1, -0.05) is 42.5 Å². The van der Waals surface area contributed by atoms with E-state index in [1.807, 2.05) is 29.2 Å². The van der Waals surface area contributed by atoms with Crippen LogP contribution >= 0.6 is 24.0 Å². The number of likely N-dealkylation sites (tertiary alicyclic amines) is 2. The first-order chi connectivity index (χ1) is 15.2. The lowest BCUT2D eigenvalue weighted by molar-refractivity contribution is 0.0724. The van der Waals surface area contributed by atoms with Crippen LogP contribution in [0.2, 0.25) is 0 Å². The Balaban J connectivity index is 0.00000289. The number of nitrogens with zero attached hydrogens (tertiary/aromatic N) is 3. The Morgan fingerprint density at radius 3 is 2.38 bits per heavy atom. The minimum Gasteiger partial charge on any atom is -0.357 e. The molecule has 2 aromatic carbocycles. The van der Waals surface area contributed by atoms with Crippen molar-refractivity contribution in [1.29, 1.82) is 0 Å². The second-order valence-electron chi connectivity index (χ2n) is 8.56. The van der Waals surface area contributed by atoms with Crippen LogP contribution in [0.3, 0.4) is 0 Å². The summed E-state index contributed by atoms with van der Waals surface area (Å²) in [6.07, 6.45) is 4.63. The highest BCUT2D eigenvalue weighted by Gasteiger charge is 2.26. The predicted molar refractivity (Wildman–Crippen MR) is 142 cm³/mol. The van der Waals surface area contributed by atoms with E-state index in [4.69, 9.17) is 4.99 Å². The number of guanidine groups is 1. The van der Waals surface area contributed by atoms with E-state index in [1.165, 1.54) is 12.0 Å². The van der Waals surface area contributed by atoms with E-state index in [-0.39, 0.29) is 29.9 Å². The summed E-state index contributed by atoms with van der Waals surface area (Å²) in [4.78, 5) is 21.9. The fourth-order valence-electron chi connectivity index (χ4n) is 4.57. The number of nitrogens with one attached hydrogen (secondary N) is 1. The molecule has 2 aliphatic heterocycles. The molecule has 0 saturated carbocycles. The molecular formula is C26H35IN4O. The molecule has 4 rings (SSSR count). The van der Waals surface area contributed by atoms with Crippen LogP contribution < -0.4 is 5.32 Å². The molecule has 0 spiro atoms. The number of aliphatic imine (C=N–C) groups is 1. The highest BCUT2D eigenvalue weighted by molar-refractivity contribution is 14.0. The van der Waals surface area contributed by atoms with Gasteiger partial charge in [-0.15, -0.1) is 24.0 Å². The molecule has 0 radical (unpaired) electrons. The lowest BCUT2D eigenvalue weighted by Gasteiger charge is -2.26. The molecule has 0 bridgehead atoms. The SMILES string of the molecule is CCNC(=NCc1ccc(C(=O)N2CCCCC2)cc1)N1CCC(c2ccccc2)C1.I. The van der Waals surface area contributed by atoms with Gasteiger partial charge in [-0.2, -0.15) is 0 Å². The van der Waals surface area contributed by atoms with E-state index in [9.17, 15) is 4.79 Å². The third kappa shape index (κ3) is 6.24. The number of halogens is 1. The fraction of sp³-hybridized carbons (Fsp3) is 0.462. The summed E-state index contributed by atoms with van der Waals surface area (Å²) in [5, 5.41) is 3.45. The summed E-state index contributed by atoms with van der Waals surface area (Å²) in [5.74, 6) is 1.70. The second kappa shape index (κ2) is 12.2. The van der Waals surface area contributed by atoms with E-state index >= 15 is 0 Å². The molecule has 2 aromatic rings. The number of hydrogen-bond donors (Lipinski definition) is 1. The molecule has 5 nitrogen and oxygen atoms in total. The summed E-state index contributed by atoms with van der Waals surface area (Å²) in [5.41, 5.74) is 3.32. The maximum Gasteiger partial charge on any atom is 0.253 e. The van der Waals surface area contributed by atoms with E-state index in [0.29, 0.717) is 12.5 Å². The van der Waals surface area contributed by atoms with E-state index in [1.54, 1.807) is 0 Å². The molecule has 2 fully saturated rings. The maximum absolute atomic E-state index is 12.7. The molecule has 2 heterocycles. The normalized spacial score (nSPS) is 18.9. The van der Waals surface area contributed by atoms with Crippen LogP contribution in [0.25, 0.3) is 0 Å². The Bertz CT molecular complexity index is 878. The quantitative estimate of drug-likeness (QED) is 0.330. The Morgan fingerprint density at radius 2 is 1.69 bits per heavy atom. The Morgan fingerprint density at radius 1 is 0.969 bits per heavy atom. The van der Waals surface area contributed by atoms with Crippen LogP contribution in [-0.4, -0.2) is 54.4 Å². The summed E-state index contributed by atoms with van der Waals surface area (Å²) < 4.78 is 0. The molecular weight excluding hydrogens is 511 g/mol. The van der Waals surface area contributed by atoms with Gasteiger partial charge < -0.3 is 15.1 Å². The average Bonchev–Trinajstić information content (AvgIpc) is 3.33. The van der Waals surface area contributed by atoms with Crippen molar-refractivity contribution in [1.82, 2.24) is 15.1 Å². The van der Waals surface area contributed by atoms with Crippen LogP contribution in [0.1, 0.15) is 60.0 Å². The maximum atomic E-state index is 12.7. The Labute approximate surface area is 209 Å². The van der Waals surface area contributed by atoms with Gasteiger partial charge >= 0.3 is 0 Å². The number of carbonyl (C=O) groups is 1. The van der Waals surface area contributed by atoms with E-state index in [2.05, 4.69) is 47.5 Å². The van der Waals surface area contributed by atoms with Gasteiger partial charge in [0.25, 0.3) is 5.91 Å². The van der Waals surface area contributed by atoms with Crippen molar-refractivity contribution in [2.45, 2.75) is 45.1 Å². The highest BCUT2D eigenvalue weighted by atomic mass is 127. The number of rotatable bonds is 5. The second-order valence-corrected chi connectivity index (χ2v) is 8.56. The molecule has 32 heavy (non-hydrogen) atoms. The summed E-state index contributed by atoms with van der Waals surface area (Å²) >= 11 is 0. The predicted octanol–water partition coefficient (Wildman–Crippen LogP) is 4.89. The van der Waals surface area contributed by atoms with Crippen molar-refractivity contribution in [3.8, 4) is 0 Å². The van der Waals surface area contributed by atoms with Crippen LogP contribution in [0.15, 0.2) is 59.6 Å².